The first-order valence-electron chi connectivity index (χ1n) is 5.49. The highest BCUT2D eigenvalue weighted by atomic mass is 32.2. The van der Waals surface area contributed by atoms with E-state index in [1.807, 2.05) is 37.3 Å². The van der Waals surface area contributed by atoms with Crippen LogP contribution < -0.4 is 4.72 Å². The number of rotatable bonds is 6. The lowest BCUT2D eigenvalue weighted by molar-refractivity contribution is -0.0132. The highest BCUT2D eigenvalue weighted by Crippen LogP contribution is 2.28. The maximum atomic E-state index is 11.2. The van der Waals surface area contributed by atoms with Gasteiger partial charge in [-0.15, -0.1) is 0 Å². The van der Waals surface area contributed by atoms with Crippen LogP contribution in [-0.4, -0.2) is 28.3 Å². The molecule has 1 aromatic carbocycles. The first-order valence-corrected chi connectivity index (χ1v) is 7.38. The van der Waals surface area contributed by atoms with Crippen molar-refractivity contribution >= 4 is 10.0 Å². The highest BCUT2D eigenvalue weighted by molar-refractivity contribution is 7.88. The molecule has 0 aliphatic rings. The van der Waals surface area contributed by atoms with Crippen LogP contribution >= 0.6 is 0 Å². The van der Waals surface area contributed by atoms with Crippen molar-refractivity contribution in [1.82, 2.24) is 4.72 Å². The first-order chi connectivity index (χ1) is 7.93. The van der Waals surface area contributed by atoms with Crippen LogP contribution in [0.2, 0.25) is 0 Å². The molecule has 0 radical (unpaired) electrons. The van der Waals surface area contributed by atoms with Gasteiger partial charge in [-0.2, -0.15) is 0 Å². The minimum atomic E-state index is -3.22. The summed E-state index contributed by atoms with van der Waals surface area (Å²) >= 11 is 0. The Hall–Kier alpha value is -0.910. The van der Waals surface area contributed by atoms with Gasteiger partial charge in [-0.05, 0) is 12.0 Å². The third-order valence-corrected chi connectivity index (χ3v) is 3.55. The maximum absolute atomic E-state index is 11.2. The van der Waals surface area contributed by atoms with Crippen molar-refractivity contribution in [2.45, 2.75) is 18.9 Å². The van der Waals surface area contributed by atoms with E-state index in [-0.39, 0.29) is 6.54 Å². The van der Waals surface area contributed by atoms with Gasteiger partial charge in [0.05, 0.1) is 6.26 Å². The molecule has 5 heteroatoms. The lowest BCUT2D eigenvalue weighted by Crippen LogP contribution is -2.41. The SMILES string of the molecule is CC[C@@](CNS(C)(=O)=O)(OC)c1ccccc1. The third-order valence-electron chi connectivity index (χ3n) is 2.88. The van der Waals surface area contributed by atoms with Crippen LogP contribution in [0.4, 0.5) is 0 Å². The summed E-state index contributed by atoms with van der Waals surface area (Å²) in [5.41, 5.74) is 0.366. The molecule has 0 fully saturated rings. The summed E-state index contributed by atoms with van der Waals surface area (Å²) in [6, 6.07) is 9.63. The Bertz CT molecular complexity index is 438. The predicted octanol–water partition coefficient (Wildman–Crippen LogP) is 1.49. The van der Waals surface area contributed by atoms with Crippen LogP contribution in [0.25, 0.3) is 0 Å². The van der Waals surface area contributed by atoms with Gasteiger partial charge in [-0.25, -0.2) is 13.1 Å². The van der Waals surface area contributed by atoms with E-state index in [9.17, 15) is 8.42 Å². The molecule has 0 aliphatic carbocycles. The van der Waals surface area contributed by atoms with E-state index in [0.29, 0.717) is 6.42 Å². The number of sulfonamides is 1. The summed E-state index contributed by atoms with van der Waals surface area (Å²) in [7, 11) is -1.62. The van der Waals surface area contributed by atoms with Crippen molar-refractivity contribution in [1.29, 1.82) is 0 Å². The molecule has 17 heavy (non-hydrogen) atoms. The molecule has 0 aromatic heterocycles. The van der Waals surface area contributed by atoms with Gasteiger partial charge in [0.1, 0.15) is 5.60 Å². The minimum Gasteiger partial charge on any atom is -0.372 e. The van der Waals surface area contributed by atoms with Crippen molar-refractivity contribution in [2.75, 3.05) is 19.9 Å². The summed E-state index contributed by atoms with van der Waals surface area (Å²) < 4.78 is 30.4. The molecule has 0 spiro atoms. The second-order valence-corrected chi connectivity index (χ2v) is 5.84. The summed E-state index contributed by atoms with van der Waals surface area (Å²) in [6.45, 7) is 2.21. The molecule has 0 saturated heterocycles. The van der Waals surface area contributed by atoms with Crippen molar-refractivity contribution in [2.24, 2.45) is 0 Å². The first kappa shape index (κ1) is 14.2. The van der Waals surface area contributed by atoms with Gasteiger partial charge in [-0.3, -0.25) is 0 Å². The molecule has 0 aliphatic heterocycles. The van der Waals surface area contributed by atoms with Crippen LogP contribution in [0, 0.1) is 0 Å². The molecule has 1 rings (SSSR count). The minimum absolute atomic E-state index is 0.239. The van der Waals surface area contributed by atoms with E-state index in [4.69, 9.17) is 4.74 Å². The van der Waals surface area contributed by atoms with Crippen molar-refractivity contribution < 1.29 is 13.2 Å². The molecule has 0 heterocycles. The summed E-state index contributed by atoms with van der Waals surface area (Å²) in [5.74, 6) is 0. The van der Waals surface area contributed by atoms with Crippen molar-refractivity contribution in [3.05, 3.63) is 35.9 Å². The lowest BCUT2D eigenvalue weighted by atomic mass is 9.91. The predicted molar refractivity (Wildman–Crippen MR) is 68.3 cm³/mol. The van der Waals surface area contributed by atoms with Gasteiger partial charge in [0.25, 0.3) is 0 Å². The van der Waals surface area contributed by atoms with Crippen molar-refractivity contribution in [3.63, 3.8) is 0 Å². The third kappa shape index (κ3) is 3.80. The van der Waals surface area contributed by atoms with Gasteiger partial charge in [-0.1, -0.05) is 37.3 Å². The molecule has 0 unspecified atom stereocenters. The number of nitrogens with one attached hydrogen (secondary N) is 1. The number of benzene rings is 1. The molecule has 0 bridgehead atoms. The van der Waals surface area contributed by atoms with Gasteiger partial charge in [0.15, 0.2) is 0 Å². The largest absolute Gasteiger partial charge is 0.372 e. The second kappa shape index (κ2) is 5.62. The van der Waals surface area contributed by atoms with Gasteiger partial charge >= 0.3 is 0 Å². The normalized spacial score (nSPS) is 15.5. The smallest absolute Gasteiger partial charge is 0.208 e. The van der Waals surface area contributed by atoms with Gasteiger partial charge in [0.2, 0.25) is 10.0 Å². The zero-order chi connectivity index (χ0) is 12.9. The molecular formula is C12H19NO3S. The van der Waals surface area contributed by atoms with Crippen LogP contribution in [-0.2, 0) is 20.4 Å². The Morgan fingerprint density at radius 3 is 2.29 bits per heavy atom. The molecule has 1 aromatic rings. The van der Waals surface area contributed by atoms with Gasteiger partial charge in [0, 0.05) is 13.7 Å². The van der Waals surface area contributed by atoms with E-state index >= 15 is 0 Å². The van der Waals surface area contributed by atoms with Crippen LogP contribution in [0.5, 0.6) is 0 Å². The monoisotopic (exact) mass is 257 g/mol. The highest BCUT2D eigenvalue weighted by Gasteiger charge is 2.30. The topological polar surface area (TPSA) is 55.4 Å². The zero-order valence-electron chi connectivity index (χ0n) is 10.4. The lowest BCUT2D eigenvalue weighted by Gasteiger charge is -2.31. The van der Waals surface area contributed by atoms with E-state index in [1.165, 1.54) is 0 Å². The Balaban J connectivity index is 2.98. The van der Waals surface area contributed by atoms with Gasteiger partial charge < -0.3 is 4.74 Å². The standard InChI is InChI=1S/C12H19NO3S/c1-4-12(16-2,10-13-17(3,14)15)11-8-6-5-7-9-11/h5-9,13H,4,10H2,1-3H3/t12-/m0/s1. The Labute approximate surface area is 103 Å². The average Bonchev–Trinajstić information content (AvgIpc) is 2.31. The summed E-state index contributed by atoms with van der Waals surface area (Å²) in [4.78, 5) is 0. The number of hydrogen-bond donors (Lipinski definition) is 1. The van der Waals surface area contributed by atoms with E-state index in [0.717, 1.165) is 11.8 Å². The molecule has 0 amide bonds. The van der Waals surface area contributed by atoms with E-state index in [1.54, 1.807) is 7.11 Å². The maximum Gasteiger partial charge on any atom is 0.208 e. The molecule has 4 nitrogen and oxygen atoms in total. The fraction of sp³-hybridized carbons (Fsp3) is 0.500. The van der Waals surface area contributed by atoms with E-state index in [2.05, 4.69) is 4.72 Å². The van der Waals surface area contributed by atoms with Crippen LogP contribution in [0.3, 0.4) is 0 Å². The number of hydrogen-bond acceptors (Lipinski definition) is 3. The molecule has 0 saturated carbocycles. The van der Waals surface area contributed by atoms with Crippen LogP contribution in [0.15, 0.2) is 30.3 Å². The summed E-state index contributed by atoms with van der Waals surface area (Å²) in [6.07, 6.45) is 1.84. The number of methoxy groups -OCH3 is 1. The van der Waals surface area contributed by atoms with E-state index < -0.39 is 15.6 Å². The Kier molecular flexibility index (Phi) is 4.68. The number of ether oxygens (including phenoxy) is 1. The zero-order valence-corrected chi connectivity index (χ0v) is 11.3. The fourth-order valence-corrected chi connectivity index (χ4v) is 2.25. The molecule has 1 atom stereocenters. The van der Waals surface area contributed by atoms with Crippen LogP contribution in [0.1, 0.15) is 18.9 Å². The average molecular weight is 257 g/mol. The molecular weight excluding hydrogens is 238 g/mol. The molecule has 1 N–H and O–H groups in total. The van der Waals surface area contributed by atoms with Crippen molar-refractivity contribution in [3.8, 4) is 0 Å². The summed E-state index contributed by atoms with van der Waals surface area (Å²) in [5, 5.41) is 0. The Morgan fingerprint density at radius 1 is 1.29 bits per heavy atom. The molecule has 96 valence electrons. The fourth-order valence-electron chi connectivity index (χ4n) is 1.76. The Morgan fingerprint density at radius 2 is 1.88 bits per heavy atom. The second-order valence-electron chi connectivity index (χ2n) is 4.01. The quantitative estimate of drug-likeness (QED) is 0.840.